The fourth-order valence-corrected chi connectivity index (χ4v) is 1.28. The van der Waals surface area contributed by atoms with Crippen molar-refractivity contribution in [3.63, 3.8) is 0 Å². The Kier molecular flexibility index (Phi) is 1.39. The second kappa shape index (κ2) is 2.39. The average molecular weight is 168 g/mol. The van der Waals surface area contributed by atoms with Crippen LogP contribution in [0, 0.1) is 0 Å². The zero-order valence-corrected chi connectivity index (χ0v) is 6.69. The van der Waals surface area contributed by atoms with Crippen LogP contribution in [-0.4, -0.2) is 20.1 Å². The maximum absolute atomic E-state index is 4.07. The Labute approximate surface area is 66.9 Å². The molecular weight excluding hydrogens is 162 g/mol. The van der Waals surface area contributed by atoms with E-state index in [0.29, 0.717) is 0 Å². The van der Waals surface area contributed by atoms with E-state index < -0.39 is 0 Å². The van der Waals surface area contributed by atoms with Crippen LogP contribution in [-0.2, 0) is 7.05 Å². The molecule has 6 heteroatoms. The van der Waals surface area contributed by atoms with Crippen molar-refractivity contribution in [2.24, 2.45) is 7.05 Å². The third-order valence-electron chi connectivity index (χ3n) is 1.17. The molecular formula is C5H6N5S+. The molecule has 0 N–H and O–H groups in total. The maximum atomic E-state index is 4.07. The van der Waals surface area contributed by atoms with Gasteiger partial charge in [-0.2, -0.15) is 0 Å². The molecule has 0 aliphatic carbocycles. The first-order chi connectivity index (χ1) is 5.36. The van der Waals surface area contributed by atoms with Crippen molar-refractivity contribution in [1.82, 2.24) is 20.1 Å². The first-order valence-corrected chi connectivity index (χ1v) is 3.92. The second-order valence-corrected chi connectivity index (χ2v) is 2.90. The lowest BCUT2D eigenvalue weighted by Crippen LogP contribution is -2.28. The van der Waals surface area contributed by atoms with Crippen LogP contribution < -0.4 is 4.68 Å². The number of aromatic nitrogens is 5. The highest BCUT2D eigenvalue weighted by Crippen LogP contribution is 2.06. The molecule has 2 heterocycles. The third-order valence-corrected chi connectivity index (χ3v) is 1.93. The summed E-state index contributed by atoms with van der Waals surface area (Å²) in [6.07, 6.45) is 3.50. The third kappa shape index (κ3) is 1.12. The molecule has 56 valence electrons. The van der Waals surface area contributed by atoms with Gasteiger partial charge in [-0.25, -0.2) is 4.98 Å². The van der Waals surface area contributed by atoms with E-state index in [2.05, 4.69) is 15.4 Å². The summed E-state index contributed by atoms with van der Waals surface area (Å²) < 4.78 is 3.26. The van der Waals surface area contributed by atoms with E-state index >= 15 is 0 Å². The molecule has 5 nitrogen and oxygen atoms in total. The van der Waals surface area contributed by atoms with E-state index in [1.807, 2.05) is 12.4 Å². The van der Waals surface area contributed by atoms with Gasteiger partial charge in [0, 0.05) is 11.6 Å². The van der Waals surface area contributed by atoms with Crippen LogP contribution in [0.25, 0.3) is 5.13 Å². The molecule has 0 saturated carbocycles. The summed E-state index contributed by atoms with van der Waals surface area (Å²) in [7, 11) is 1.82. The molecule has 0 aromatic carbocycles. The van der Waals surface area contributed by atoms with Crippen LogP contribution in [0.15, 0.2) is 17.9 Å². The Morgan fingerprint density at radius 3 is 3.09 bits per heavy atom. The first kappa shape index (κ1) is 6.41. The van der Waals surface area contributed by atoms with E-state index in [9.17, 15) is 0 Å². The van der Waals surface area contributed by atoms with Gasteiger partial charge >= 0.3 is 0 Å². The molecule has 2 aromatic heterocycles. The molecule has 0 aliphatic rings. The minimum absolute atomic E-state index is 0.832. The smallest absolute Gasteiger partial charge is 0.212 e. The predicted molar refractivity (Wildman–Crippen MR) is 38.2 cm³/mol. The fourth-order valence-electron chi connectivity index (χ4n) is 0.727. The zero-order chi connectivity index (χ0) is 7.68. The van der Waals surface area contributed by atoms with E-state index in [4.69, 9.17) is 0 Å². The SMILES string of the molecule is C[n+]1cn(-c2nccs2)nn1. The second-order valence-electron chi connectivity index (χ2n) is 2.03. The summed E-state index contributed by atoms with van der Waals surface area (Å²) in [5.41, 5.74) is 0. The lowest BCUT2D eigenvalue weighted by atomic mass is 11.0. The normalized spacial score (nSPS) is 10.3. The Morgan fingerprint density at radius 2 is 2.55 bits per heavy atom. The lowest BCUT2D eigenvalue weighted by Gasteiger charge is -1.77. The molecule has 11 heavy (non-hydrogen) atoms. The minimum atomic E-state index is 0.832. The highest BCUT2D eigenvalue weighted by molar-refractivity contribution is 7.12. The standard InChI is InChI=1S/C5H6N5S/c1-9-4-10(8-7-9)5-6-2-3-11-5/h2-4H,1H3/q+1. The fraction of sp³-hybridized carbons (Fsp3) is 0.200. The van der Waals surface area contributed by atoms with Crippen molar-refractivity contribution in [3.8, 4) is 5.13 Å². The van der Waals surface area contributed by atoms with Gasteiger partial charge in [0.1, 0.15) is 5.21 Å². The van der Waals surface area contributed by atoms with Gasteiger partial charge in [-0.15, -0.1) is 4.68 Å². The molecule has 2 aromatic rings. The monoisotopic (exact) mass is 168 g/mol. The summed E-state index contributed by atoms with van der Waals surface area (Å²) in [5.74, 6) is 0. The summed E-state index contributed by atoms with van der Waals surface area (Å²) >= 11 is 1.53. The number of hydrogen-bond acceptors (Lipinski definition) is 4. The Balaban J connectivity index is 2.45. The van der Waals surface area contributed by atoms with Gasteiger partial charge < -0.3 is 0 Å². The Hall–Kier alpha value is -1.30. The number of hydrogen-bond donors (Lipinski definition) is 0. The van der Waals surface area contributed by atoms with Crippen LogP contribution in [0.1, 0.15) is 0 Å². The summed E-state index contributed by atoms with van der Waals surface area (Å²) in [4.78, 5) is 4.07. The maximum Gasteiger partial charge on any atom is 0.290 e. The molecule has 0 spiro atoms. The topological polar surface area (TPSA) is 47.5 Å². The molecule has 0 fully saturated rings. The lowest BCUT2D eigenvalue weighted by molar-refractivity contribution is -0.731. The number of tetrazole rings is 1. The van der Waals surface area contributed by atoms with E-state index in [1.165, 1.54) is 11.3 Å². The zero-order valence-electron chi connectivity index (χ0n) is 5.88. The molecule has 0 atom stereocenters. The predicted octanol–water partition coefficient (Wildman–Crippen LogP) is -0.452. The van der Waals surface area contributed by atoms with Crippen molar-refractivity contribution in [2.75, 3.05) is 0 Å². The number of aryl methyl sites for hydroxylation is 1. The minimum Gasteiger partial charge on any atom is -0.212 e. The first-order valence-electron chi connectivity index (χ1n) is 3.04. The van der Waals surface area contributed by atoms with Gasteiger partial charge in [0.15, 0.2) is 5.21 Å². The van der Waals surface area contributed by atoms with Gasteiger partial charge in [-0.3, -0.25) is 0 Å². The van der Waals surface area contributed by atoms with Crippen LogP contribution in [0.2, 0.25) is 0 Å². The van der Waals surface area contributed by atoms with Crippen molar-refractivity contribution in [3.05, 3.63) is 17.9 Å². The molecule has 0 unspecified atom stereocenters. The van der Waals surface area contributed by atoms with Crippen LogP contribution in [0.3, 0.4) is 0 Å². The van der Waals surface area contributed by atoms with E-state index in [0.717, 1.165) is 5.13 Å². The summed E-state index contributed by atoms with van der Waals surface area (Å²) in [6.45, 7) is 0. The average Bonchev–Trinajstić information content (AvgIpc) is 2.55. The molecule has 0 aliphatic heterocycles. The molecule has 2 rings (SSSR count). The van der Waals surface area contributed by atoms with Crippen molar-refractivity contribution >= 4 is 11.3 Å². The van der Waals surface area contributed by atoms with E-state index in [1.54, 1.807) is 21.9 Å². The highest BCUT2D eigenvalue weighted by Gasteiger charge is 2.08. The van der Waals surface area contributed by atoms with Gasteiger partial charge in [-0.05, 0) is 4.68 Å². The molecule has 0 saturated heterocycles. The van der Waals surface area contributed by atoms with Crippen molar-refractivity contribution < 1.29 is 4.68 Å². The van der Waals surface area contributed by atoms with Gasteiger partial charge in [0.2, 0.25) is 0 Å². The Bertz CT molecular complexity index is 337. The number of rotatable bonds is 1. The Morgan fingerprint density at radius 1 is 1.64 bits per heavy atom. The van der Waals surface area contributed by atoms with Gasteiger partial charge in [0.05, 0.1) is 7.05 Å². The largest absolute Gasteiger partial charge is 0.290 e. The van der Waals surface area contributed by atoms with Gasteiger partial charge in [-0.1, -0.05) is 11.3 Å². The summed E-state index contributed by atoms with van der Waals surface area (Å²) in [6, 6.07) is 0. The number of thiazole rings is 1. The summed E-state index contributed by atoms with van der Waals surface area (Å²) in [5, 5.41) is 10.3. The molecule has 0 amide bonds. The van der Waals surface area contributed by atoms with Crippen molar-refractivity contribution in [2.45, 2.75) is 0 Å². The number of nitrogens with zero attached hydrogens (tertiary/aromatic N) is 5. The van der Waals surface area contributed by atoms with Crippen molar-refractivity contribution in [1.29, 1.82) is 0 Å². The van der Waals surface area contributed by atoms with E-state index in [-0.39, 0.29) is 0 Å². The van der Waals surface area contributed by atoms with Crippen LogP contribution >= 0.6 is 11.3 Å². The molecule has 0 bridgehead atoms. The van der Waals surface area contributed by atoms with Crippen LogP contribution in [0.5, 0.6) is 0 Å². The molecule has 0 radical (unpaired) electrons. The van der Waals surface area contributed by atoms with Gasteiger partial charge in [0.25, 0.3) is 11.5 Å². The van der Waals surface area contributed by atoms with Crippen LogP contribution in [0.4, 0.5) is 0 Å². The highest BCUT2D eigenvalue weighted by atomic mass is 32.1. The quantitative estimate of drug-likeness (QED) is 0.542.